The highest BCUT2D eigenvalue weighted by Crippen LogP contribution is 2.31. The molecule has 1 saturated carbocycles. The molecule has 0 amide bonds. The highest BCUT2D eigenvalue weighted by molar-refractivity contribution is 4.76. The van der Waals surface area contributed by atoms with Crippen LogP contribution in [0.4, 0.5) is 0 Å². The van der Waals surface area contributed by atoms with Crippen molar-refractivity contribution in [3.63, 3.8) is 0 Å². The summed E-state index contributed by atoms with van der Waals surface area (Å²) in [5.41, 5.74) is 0. The lowest BCUT2D eigenvalue weighted by atomic mass is 9.84. The Morgan fingerprint density at radius 3 is 2.48 bits per heavy atom. The van der Waals surface area contributed by atoms with E-state index in [1.165, 1.54) is 51.5 Å². The van der Waals surface area contributed by atoms with Crippen LogP contribution in [0.25, 0.3) is 0 Å². The quantitative estimate of drug-likeness (QED) is 0.464. The number of rotatable bonds is 11. The van der Waals surface area contributed by atoms with Gasteiger partial charge in [-0.1, -0.05) is 39.5 Å². The average molecular weight is 299 g/mol. The van der Waals surface area contributed by atoms with E-state index >= 15 is 0 Å². The topological polar surface area (TPSA) is 30.5 Å². The fourth-order valence-electron chi connectivity index (χ4n) is 3.36. The summed E-state index contributed by atoms with van der Waals surface area (Å²) in [6.45, 7) is 9.29. The van der Waals surface area contributed by atoms with Crippen molar-refractivity contribution in [1.29, 1.82) is 0 Å². The van der Waals surface area contributed by atoms with E-state index in [0.717, 1.165) is 37.5 Å². The van der Waals surface area contributed by atoms with Gasteiger partial charge >= 0.3 is 0 Å². The van der Waals surface area contributed by atoms with Crippen LogP contribution in [0.3, 0.4) is 0 Å². The molecule has 0 saturated heterocycles. The number of ether oxygens (including phenoxy) is 2. The van der Waals surface area contributed by atoms with Crippen molar-refractivity contribution in [2.45, 2.75) is 58.8 Å². The van der Waals surface area contributed by atoms with Crippen LogP contribution in [0.15, 0.2) is 0 Å². The Balaban J connectivity index is 2.21. The highest BCUT2D eigenvalue weighted by Gasteiger charge is 2.23. The van der Waals surface area contributed by atoms with Crippen molar-refractivity contribution < 1.29 is 9.47 Å². The molecule has 0 aliphatic heterocycles. The first-order chi connectivity index (χ1) is 10.2. The molecule has 0 heterocycles. The fourth-order valence-corrected chi connectivity index (χ4v) is 3.36. The molecule has 0 aromatic rings. The number of nitrogens with one attached hydrogen (secondary N) is 1. The van der Waals surface area contributed by atoms with E-state index in [4.69, 9.17) is 9.47 Å². The van der Waals surface area contributed by atoms with Gasteiger partial charge in [-0.2, -0.15) is 0 Å². The van der Waals surface area contributed by atoms with Gasteiger partial charge < -0.3 is 14.8 Å². The number of hydrogen-bond donors (Lipinski definition) is 1. The maximum absolute atomic E-state index is 5.60. The molecular formula is C18H37NO2. The molecule has 2 atom stereocenters. The predicted octanol–water partition coefficient (Wildman–Crippen LogP) is 3.87. The van der Waals surface area contributed by atoms with E-state index in [1.54, 1.807) is 7.11 Å². The van der Waals surface area contributed by atoms with Crippen LogP contribution in [0.1, 0.15) is 58.8 Å². The van der Waals surface area contributed by atoms with Crippen molar-refractivity contribution in [1.82, 2.24) is 5.32 Å². The first-order valence-electron chi connectivity index (χ1n) is 9.01. The van der Waals surface area contributed by atoms with Crippen molar-refractivity contribution >= 4 is 0 Å². The van der Waals surface area contributed by atoms with E-state index in [-0.39, 0.29) is 0 Å². The summed E-state index contributed by atoms with van der Waals surface area (Å²) >= 11 is 0. The molecule has 1 aliphatic carbocycles. The van der Waals surface area contributed by atoms with Gasteiger partial charge in [0.25, 0.3) is 0 Å². The van der Waals surface area contributed by atoms with Crippen molar-refractivity contribution in [3.05, 3.63) is 0 Å². The fraction of sp³-hybridized carbons (Fsp3) is 1.00. The third-order valence-corrected chi connectivity index (χ3v) is 4.57. The Labute approximate surface area is 132 Å². The van der Waals surface area contributed by atoms with E-state index in [0.29, 0.717) is 6.61 Å². The molecule has 0 bridgehead atoms. The largest absolute Gasteiger partial charge is 0.382 e. The van der Waals surface area contributed by atoms with Gasteiger partial charge in [0.15, 0.2) is 0 Å². The van der Waals surface area contributed by atoms with Gasteiger partial charge in [0.05, 0.1) is 13.2 Å². The second-order valence-electron chi connectivity index (χ2n) is 6.96. The standard InChI is InChI=1S/C18H37NO2/c1-16(2)14-19-15-18-9-6-4-5-8-17(18)10-7-11-21-13-12-20-3/h16-19H,4-15H2,1-3H3. The third kappa shape index (κ3) is 9.49. The first kappa shape index (κ1) is 18.9. The first-order valence-corrected chi connectivity index (χ1v) is 9.01. The van der Waals surface area contributed by atoms with Crippen LogP contribution < -0.4 is 5.32 Å². The molecule has 2 unspecified atom stereocenters. The summed E-state index contributed by atoms with van der Waals surface area (Å²) in [6.07, 6.45) is 9.66. The molecule has 1 N–H and O–H groups in total. The van der Waals surface area contributed by atoms with Gasteiger partial charge in [0.1, 0.15) is 0 Å². The van der Waals surface area contributed by atoms with E-state index in [9.17, 15) is 0 Å². The molecule has 0 aromatic carbocycles. The third-order valence-electron chi connectivity index (χ3n) is 4.57. The van der Waals surface area contributed by atoms with E-state index in [2.05, 4.69) is 19.2 Å². The number of methoxy groups -OCH3 is 1. The minimum Gasteiger partial charge on any atom is -0.382 e. The minimum atomic E-state index is 0.713. The zero-order valence-corrected chi connectivity index (χ0v) is 14.5. The second-order valence-corrected chi connectivity index (χ2v) is 6.96. The van der Waals surface area contributed by atoms with Gasteiger partial charge in [-0.05, 0) is 50.1 Å². The van der Waals surface area contributed by atoms with E-state index < -0.39 is 0 Å². The SMILES string of the molecule is COCCOCCCC1CCCCCC1CNCC(C)C. The lowest BCUT2D eigenvalue weighted by molar-refractivity contribution is 0.0657. The minimum absolute atomic E-state index is 0.713. The van der Waals surface area contributed by atoms with Gasteiger partial charge in [-0.25, -0.2) is 0 Å². The van der Waals surface area contributed by atoms with Crippen molar-refractivity contribution in [2.75, 3.05) is 40.0 Å². The summed E-state index contributed by atoms with van der Waals surface area (Å²) < 4.78 is 10.6. The normalized spacial score (nSPS) is 23.4. The molecule has 0 aromatic heterocycles. The summed E-state index contributed by atoms with van der Waals surface area (Å²) in [5.74, 6) is 2.53. The highest BCUT2D eigenvalue weighted by atomic mass is 16.5. The summed E-state index contributed by atoms with van der Waals surface area (Å²) in [5, 5.41) is 3.68. The Morgan fingerprint density at radius 1 is 1.00 bits per heavy atom. The van der Waals surface area contributed by atoms with Crippen LogP contribution in [0.2, 0.25) is 0 Å². The molecule has 1 aliphatic rings. The van der Waals surface area contributed by atoms with Crippen LogP contribution in [0, 0.1) is 17.8 Å². The monoisotopic (exact) mass is 299 g/mol. The van der Waals surface area contributed by atoms with Crippen molar-refractivity contribution in [2.24, 2.45) is 17.8 Å². The number of hydrogen-bond acceptors (Lipinski definition) is 3. The van der Waals surface area contributed by atoms with Crippen LogP contribution in [-0.2, 0) is 9.47 Å². The van der Waals surface area contributed by atoms with Gasteiger partial charge in [0.2, 0.25) is 0 Å². The molecule has 0 radical (unpaired) electrons. The zero-order chi connectivity index (χ0) is 15.3. The molecular weight excluding hydrogens is 262 g/mol. The molecule has 3 heteroatoms. The second kappa shape index (κ2) is 12.4. The smallest absolute Gasteiger partial charge is 0.0700 e. The zero-order valence-electron chi connectivity index (χ0n) is 14.5. The lowest BCUT2D eigenvalue weighted by Crippen LogP contribution is -2.30. The summed E-state index contributed by atoms with van der Waals surface area (Å²) in [7, 11) is 1.73. The Hall–Kier alpha value is -0.120. The Morgan fingerprint density at radius 2 is 1.76 bits per heavy atom. The molecule has 1 rings (SSSR count). The maximum Gasteiger partial charge on any atom is 0.0700 e. The Bertz CT molecular complexity index is 233. The average Bonchev–Trinajstić information content (AvgIpc) is 2.68. The molecule has 3 nitrogen and oxygen atoms in total. The van der Waals surface area contributed by atoms with Crippen LogP contribution in [0.5, 0.6) is 0 Å². The van der Waals surface area contributed by atoms with Gasteiger partial charge in [-0.15, -0.1) is 0 Å². The summed E-state index contributed by atoms with van der Waals surface area (Å²) in [4.78, 5) is 0. The van der Waals surface area contributed by atoms with Gasteiger partial charge in [0, 0.05) is 13.7 Å². The van der Waals surface area contributed by atoms with Crippen LogP contribution >= 0.6 is 0 Å². The lowest BCUT2D eigenvalue weighted by Gasteiger charge is -2.26. The Kier molecular flexibility index (Phi) is 11.2. The van der Waals surface area contributed by atoms with E-state index in [1.807, 2.05) is 0 Å². The summed E-state index contributed by atoms with van der Waals surface area (Å²) in [6, 6.07) is 0. The predicted molar refractivity (Wildman–Crippen MR) is 89.7 cm³/mol. The molecule has 1 fully saturated rings. The van der Waals surface area contributed by atoms with Crippen LogP contribution in [-0.4, -0.2) is 40.0 Å². The maximum atomic E-state index is 5.60. The molecule has 0 spiro atoms. The molecule has 21 heavy (non-hydrogen) atoms. The van der Waals surface area contributed by atoms with Gasteiger partial charge in [-0.3, -0.25) is 0 Å². The molecule has 126 valence electrons. The van der Waals surface area contributed by atoms with Crippen molar-refractivity contribution in [3.8, 4) is 0 Å².